The maximum atomic E-state index is 13.3. The smallest absolute Gasteiger partial charge is 0.251 e. The highest BCUT2D eigenvalue weighted by atomic mass is 79.9. The average Bonchev–Trinajstić information content (AvgIpc) is 2.88. The molecule has 1 N–H and O–H groups in total. The molecule has 1 aliphatic carbocycles. The number of hydrogen-bond donors (Lipinski definition) is 1. The van der Waals surface area contributed by atoms with Crippen molar-refractivity contribution in [3.8, 4) is 0 Å². The molecule has 1 amide bonds. The normalized spacial score (nSPS) is 13.7. The van der Waals surface area contributed by atoms with E-state index < -0.39 is 5.82 Å². The van der Waals surface area contributed by atoms with E-state index in [1.54, 1.807) is 17.4 Å². The molecule has 0 bridgehead atoms. The number of aryl methyl sites for hydroxylation is 2. The van der Waals surface area contributed by atoms with Crippen molar-refractivity contribution in [1.29, 1.82) is 0 Å². The van der Waals surface area contributed by atoms with Gasteiger partial charge in [0.2, 0.25) is 0 Å². The minimum absolute atomic E-state index is 0.262. The average molecular weight is 383 g/mol. The van der Waals surface area contributed by atoms with Gasteiger partial charge in [-0.05, 0) is 43.9 Å². The number of rotatable bonds is 4. The summed E-state index contributed by atoms with van der Waals surface area (Å²) in [6.07, 6.45) is 5.41. The van der Waals surface area contributed by atoms with Crippen molar-refractivity contribution in [2.24, 2.45) is 0 Å². The number of thiazole rings is 1. The molecule has 0 fully saturated rings. The highest BCUT2D eigenvalue weighted by molar-refractivity contribution is 9.10. The van der Waals surface area contributed by atoms with E-state index in [9.17, 15) is 9.18 Å². The zero-order valence-electron chi connectivity index (χ0n) is 12.0. The Kier molecular flexibility index (Phi) is 4.88. The van der Waals surface area contributed by atoms with Gasteiger partial charge in [-0.15, -0.1) is 11.3 Å². The van der Waals surface area contributed by atoms with E-state index in [0.29, 0.717) is 16.6 Å². The molecule has 1 aromatic heterocycles. The Bertz CT molecular complexity index is 658. The van der Waals surface area contributed by atoms with Crippen LogP contribution in [-0.2, 0) is 19.3 Å². The fourth-order valence-electron chi connectivity index (χ4n) is 2.58. The van der Waals surface area contributed by atoms with Crippen LogP contribution in [0.4, 0.5) is 4.39 Å². The molecule has 22 heavy (non-hydrogen) atoms. The van der Waals surface area contributed by atoms with Crippen LogP contribution in [0.5, 0.6) is 0 Å². The molecule has 3 nitrogen and oxygen atoms in total. The van der Waals surface area contributed by atoms with Crippen molar-refractivity contribution >= 4 is 33.2 Å². The molecule has 1 heterocycles. The molecule has 0 spiro atoms. The van der Waals surface area contributed by atoms with Crippen LogP contribution >= 0.6 is 27.3 Å². The lowest BCUT2D eigenvalue weighted by molar-refractivity contribution is 0.0953. The molecule has 0 radical (unpaired) electrons. The Balaban J connectivity index is 1.56. The first-order valence-electron chi connectivity index (χ1n) is 7.33. The summed E-state index contributed by atoms with van der Waals surface area (Å²) < 4.78 is 13.8. The summed E-state index contributed by atoms with van der Waals surface area (Å²) in [5, 5.41) is 3.90. The summed E-state index contributed by atoms with van der Waals surface area (Å²) in [5.74, 6) is -0.686. The summed E-state index contributed by atoms with van der Waals surface area (Å²) >= 11 is 4.95. The molecule has 116 valence electrons. The van der Waals surface area contributed by atoms with Crippen LogP contribution in [0.2, 0.25) is 0 Å². The lowest BCUT2D eigenvalue weighted by Gasteiger charge is -2.06. The third-order valence-corrected chi connectivity index (χ3v) is 5.31. The van der Waals surface area contributed by atoms with Crippen molar-refractivity contribution in [3.05, 3.63) is 49.6 Å². The van der Waals surface area contributed by atoms with E-state index in [1.807, 2.05) is 0 Å². The zero-order valence-corrected chi connectivity index (χ0v) is 14.4. The third kappa shape index (κ3) is 3.73. The molecule has 0 saturated heterocycles. The van der Waals surface area contributed by atoms with Gasteiger partial charge in [-0.25, -0.2) is 9.37 Å². The number of amides is 1. The van der Waals surface area contributed by atoms with Crippen LogP contribution < -0.4 is 5.32 Å². The highest BCUT2D eigenvalue weighted by Gasteiger charge is 2.15. The molecule has 1 aliphatic rings. The topological polar surface area (TPSA) is 42.0 Å². The second kappa shape index (κ2) is 6.87. The second-order valence-corrected chi connectivity index (χ2v) is 7.43. The van der Waals surface area contributed by atoms with E-state index in [1.165, 1.54) is 35.5 Å². The largest absolute Gasteiger partial charge is 0.352 e. The van der Waals surface area contributed by atoms with E-state index in [0.717, 1.165) is 24.3 Å². The lowest BCUT2D eigenvalue weighted by Crippen LogP contribution is -2.25. The van der Waals surface area contributed by atoms with Crippen molar-refractivity contribution in [1.82, 2.24) is 10.3 Å². The van der Waals surface area contributed by atoms with E-state index in [4.69, 9.17) is 0 Å². The Labute approximate surface area is 141 Å². The van der Waals surface area contributed by atoms with E-state index in [-0.39, 0.29) is 5.91 Å². The molecule has 6 heteroatoms. The standard InChI is InChI=1S/C16H16BrFN2OS/c17-11-7-10(8-12(18)9-11)16(21)19-6-5-15-20-13-3-1-2-4-14(13)22-15/h7-9H,1-6H2,(H,19,21). The number of nitrogens with one attached hydrogen (secondary N) is 1. The predicted octanol–water partition coefficient (Wildman–Crippen LogP) is 3.90. The van der Waals surface area contributed by atoms with Crippen molar-refractivity contribution < 1.29 is 9.18 Å². The van der Waals surface area contributed by atoms with Crippen LogP contribution in [0.25, 0.3) is 0 Å². The van der Waals surface area contributed by atoms with E-state index in [2.05, 4.69) is 26.2 Å². The fourth-order valence-corrected chi connectivity index (χ4v) is 4.20. The predicted molar refractivity (Wildman–Crippen MR) is 88.9 cm³/mol. The minimum atomic E-state index is -0.424. The second-order valence-electron chi connectivity index (χ2n) is 5.35. The monoisotopic (exact) mass is 382 g/mol. The van der Waals surface area contributed by atoms with Crippen LogP contribution in [0.1, 0.15) is 38.8 Å². The molecular weight excluding hydrogens is 367 g/mol. The molecular formula is C16H16BrFN2OS. The number of aromatic nitrogens is 1. The SMILES string of the molecule is O=C(NCCc1nc2c(s1)CCCC2)c1cc(F)cc(Br)c1. The summed E-state index contributed by atoms with van der Waals surface area (Å²) in [4.78, 5) is 18.1. The molecule has 0 atom stereocenters. The number of nitrogens with zero attached hydrogens (tertiary/aromatic N) is 1. The molecule has 2 aromatic rings. The van der Waals surface area contributed by atoms with Crippen molar-refractivity contribution in [3.63, 3.8) is 0 Å². The van der Waals surface area contributed by atoms with Crippen molar-refractivity contribution in [2.75, 3.05) is 6.54 Å². The maximum Gasteiger partial charge on any atom is 0.251 e. The number of benzene rings is 1. The number of hydrogen-bond acceptors (Lipinski definition) is 3. The Hall–Kier alpha value is -1.27. The summed E-state index contributed by atoms with van der Waals surface area (Å²) in [7, 11) is 0. The first-order valence-corrected chi connectivity index (χ1v) is 8.94. The highest BCUT2D eigenvalue weighted by Crippen LogP contribution is 2.26. The van der Waals surface area contributed by atoms with Gasteiger partial charge in [0, 0.05) is 27.9 Å². The zero-order chi connectivity index (χ0) is 15.5. The van der Waals surface area contributed by atoms with Gasteiger partial charge in [-0.3, -0.25) is 4.79 Å². The minimum Gasteiger partial charge on any atom is -0.352 e. The summed E-state index contributed by atoms with van der Waals surface area (Å²) in [6, 6.07) is 4.18. The van der Waals surface area contributed by atoms with Gasteiger partial charge in [-0.2, -0.15) is 0 Å². The molecule has 0 saturated carbocycles. The molecule has 0 aliphatic heterocycles. The number of halogens is 2. The first kappa shape index (κ1) is 15.6. The summed E-state index contributed by atoms with van der Waals surface area (Å²) in [6.45, 7) is 0.513. The van der Waals surface area contributed by atoms with Crippen LogP contribution in [0.3, 0.4) is 0 Å². The van der Waals surface area contributed by atoms with Crippen LogP contribution in [0, 0.1) is 5.82 Å². The quantitative estimate of drug-likeness (QED) is 0.870. The Morgan fingerprint density at radius 3 is 2.91 bits per heavy atom. The Morgan fingerprint density at radius 2 is 2.14 bits per heavy atom. The fraction of sp³-hybridized carbons (Fsp3) is 0.375. The molecule has 1 aromatic carbocycles. The number of fused-ring (bicyclic) bond motifs is 1. The van der Waals surface area contributed by atoms with Gasteiger partial charge in [0.15, 0.2) is 0 Å². The van der Waals surface area contributed by atoms with Gasteiger partial charge in [0.25, 0.3) is 5.91 Å². The molecule has 0 unspecified atom stereocenters. The van der Waals surface area contributed by atoms with Gasteiger partial charge in [-0.1, -0.05) is 15.9 Å². The van der Waals surface area contributed by atoms with Gasteiger partial charge in [0.1, 0.15) is 5.82 Å². The van der Waals surface area contributed by atoms with Gasteiger partial charge in [0.05, 0.1) is 10.7 Å². The van der Waals surface area contributed by atoms with Crippen molar-refractivity contribution in [2.45, 2.75) is 32.1 Å². The number of carbonyl (C=O) groups is 1. The van der Waals surface area contributed by atoms with Crippen LogP contribution in [-0.4, -0.2) is 17.4 Å². The maximum absolute atomic E-state index is 13.3. The lowest BCUT2D eigenvalue weighted by atomic mass is 10.0. The third-order valence-electron chi connectivity index (χ3n) is 3.64. The van der Waals surface area contributed by atoms with Gasteiger partial charge < -0.3 is 5.32 Å². The molecule has 3 rings (SSSR count). The van der Waals surface area contributed by atoms with Gasteiger partial charge >= 0.3 is 0 Å². The summed E-state index contributed by atoms with van der Waals surface area (Å²) in [5.41, 5.74) is 1.57. The number of carbonyl (C=O) groups excluding carboxylic acids is 1. The Morgan fingerprint density at radius 1 is 1.32 bits per heavy atom. The van der Waals surface area contributed by atoms with Crippen LogP contribution in [0.15, 0.2) is 22.7 Å². The van der Waals surface area contributed by atoms with E-state index >= 15 is 0 Å². The first-order chi connectivity index (χ1) is 10.6.